The molecular weight excluding hydrogens is 188 g/mol. The highest BCUT2D eigenvalue weighted by Gasteiger charge is 2.14. The Labute approximate surface area is 91.1 Å². The van der Waals surface area contributed by atoms with Gasteiger partial charge >= 0.3 is 0 Å². The van der Waals surface area contributed by atoms with Crippen LogP contribution in [0.4, 0.5) is 0 Å². The van der Waals surface area contributed by atoms with Crippen LogP contribution in [0.2, 0.25) is 0 Å². The monoisotopic (exact) mass is 208 g/mol. The summed E-state index contributed by atoms with van der Waals surface area (Å²) in [7, 11) is 1.92. The van der Waals surface area contributed by atoms with E-state index < -0.39 is 0 Å². The van der Waals surface area contributed by atoms with E-state index in [4.69, 9.17) is 5.84 Å². The lowest BCUT2D eigenvalue weighted by Gasteiger charge is -2.14. The van der Waals surface area contributed by atoms with Gasteiger partial charge in [0.25, 0.3) is 0 Å². The van der Waals surface area contributed by atoms with Crippen molar-refractivity contribution >= 4 is 0 Å². The van der Waals surface area contributed by atoms with Crippen molar-refractivity contribution in [3.63, 3.8) is 0 Å². The van der Waals surface area contributed by atoms with Gasteiger partial charge in [-0.1, -0.05) is 5.57 Å². The summed E-state index contributed by atoms with van der Waals surface area (Å²) >= 11 is 0. The molecule has 0 radical (unpaired) electrons. The normalized spacial score (nSPS) is 12.8. The summed E-state index contributed by atoms with van der Waals surface area (Å²) in [6.07, 6.45) is 3.94. The Morgan fingerprint density at radius 1 is 1.73 bits per heavy atom. The first kappa shape index (κ1) is 11.9. The number of nitrogens with one attached hydrogen (secondary N) is 1. The molecule has 0 aliphatic carbocycles. The van der Waals surface area contributed by atoms with Crippen molar-refractivity contribution in [1.29, 1.82) is 0 Å². The highest BCUT2D eigenvalue weighted by atomic mass is 15.3. The number of nitrogens with two attached hydrogens (primary N) is 1. The van der Waals surface area contributed by atoms with Gasteiger partial charge in [-0.15, -0.1) is 6.58 Å². The molecule has 0 bridgehead atoms. The zero-order chi connectivity index (χ0) is 11.4. The minimum atomic E-state index is 0.162. The average Bonchev–Trinajstić information content (AvgIpc) is 2.46. The van der Waals surface area contributed by atoms with Crippen LogP contribution in [0.5, 0.6) is 0 Å². The molecular formula is C11H20N4. The van der Waals surface area contributed by atoms with Crippen LogP contribution < -0.4 is 11.3 Å². The summed E-state index contributed by atoms with van der Waals surface area (Å²) in [5, 5.41) is 4.31. The Hall–Kier alpha value is -1.13. The van der Waals surface area contributed by atoms with E-state index in [9.17, 15) is 0 Å². The fraction of sp³-hybridized carbons (Fsp3) is 0.545. The number of hydrogen-bond acceptors (Lipinski definition) is 3. The van der Waals surface area contributed by atoms with E-state index in [0.717, 1.165) is 18.5 Å². The largest absolute Gasteiger partial charge is 0.275 e. The molecule has 0 fully saturated rings. The first-order valence-corrected chi connectivity index (χ1v) is 5.15. The lowest BCUT2D eigenvalue weighted by molar-refractivity contribution is 0.513. The maximum absolute atomic E-state index is 5.55. The van der Waals surface area contributed by atoms with Crippen molar-refractivity contribution in [3.05, 3.63) is 29.6 Å². The van der Waals surface area contributed by atoms with E-state index in [-0.39, 0.29) is 6.04 Å². The molecule has 0 aliphatic rings. The van der Waals surface area contributed by atoms with E-state index in [1.807, 2.05) is 31.8 Å². The molecule has 0 saturated heterocycles. The molecule has 0 spiro atoms. The van der Waals surface area contributed by atoms with Gasteiger partial charge < -0.3 is 0 Å². The number of hydrogen-bond donors (Lipinski definition) is 2. The van der Waals surface area contributed by atoms with Crippen LogP contribution in [-0.2, 0) is 7.05 Å². The third-order valence-corrected chi connectivity index (χ3v) is 2.49. The van der Waals surface area contributed by atoms with Crippen LogP contribution >= 0.6 is 0 Å². The van der Waals surface area contributed by atoms with Crippen LogP contribution in [0.25, 0.3) is 0 Å². The fourth-order valence-electron chi connectivity index (χ4n) is 1.68. The summed E-state index contributed by atoms with van der Waals surface area (Å²) in [5.41, 5.74) is 6.21. The molecule has 0 aromatic carbocycles. The van der Waals surface area contributed by atoms with Gasteiger partial charge in [-0.05, 0) is 26.7 Å². The molecule has 1 rings (SSSR count). The molecule has 1 aromatic heterocycles. The second kappa shape index (κ2) is 5.09. The number of aromatic nitrogens is 2. The molecule has 4 heteroatoms. The minimum absolute atomic E-state index is 0.162. The Morgan fingerprint density at radius 2 is 2.40 bits per heavy atom. The van der Waals surface area contributed by atoms with E-state index in [0.29, 0.717) is 0 Å². The maximum Gasteiger partial charge on any atom is 0.0641 e. The summed E-state index contributed by atoms with van der Waals surface area (Å²) in [6.45, 7) is 7.93. The topological polar surface area (TPSA) is 55.9 Å². The molecule has 0 saturated carbocycles. The Balaban J connectivity index is 2.73. The highest BCUT2D eigenvalue weighted by molar-refractivity contribution is 5.20. The van der Waals surface area contributed by atoms with Crippen molar-refractivity contribution < 1.29 is 0 Å². The van der Waals surface area contributed by atoms with Crippen molar-refractivity contribution in [2.75, 3.05) is 0 Å². The first-order chi connectivity index (χ1) is 7.04. The average molecular weight is 208 g/mol. The molecule has 15 heavy (non-hydrogen) atoms. The first-order valence-electron chi connectivity index (χ1n) is 5.15. The summed E-state index contributed by atoms with van der Waals surface area (Å²) in [5.74, 6) is 5.55. The van der Waals surface area contributed by atoms with Crippen LogP contribution in [0.15, 0.2) is 18.3 Å². The molecule has 1 unspecified atom stereocenters. The van der Waals surface area contributed by atoms with Crippen molar-refractivity contribution in [2.24, 2.45) is 12.9 Å². The standard InChI is InChI=1S/C11H20N4/c1-8(2)5-6-11(13-12)10-7-15(4)14-9(10)3/h7,11,13H,1,5-6,12H2,2-4H3. The van der Waals surface area contributed by atoms with Crippen LogP contribution in [0.3, 0.4) is 0 Å². The van der Waals surface area contributed by atoms with Crippen molar-refractivity contribution in [3.8, 4) is 0 Å². The van der Waals surface area contributed by atoms with Gasteiger partial charge in [-0.25, -0.2) is 0 Å². The number of allylic oxidation sites excluding steroid dienone is 1. The molecule has 3 N–H and O–H groups in total. The summed E-state index contributed by atoms with van der Waals surface area (Å²) in [4.78, 5) is 0. The van der Waals surface area contributed by atoms with Gasteiger partial charge in [0.2, 0.25) is 0 Å². The maximum atomic E-state index is 5.55. The van der Waals surface area contributed by atoms with E-state index >= 15 is 0 Å². The Morgan fingerprint density at radius 3 is 2.80 bits per heavy atom. The van der Waals surface area contributed by atoms with Crippen molar-refractivity contribution in [1.82, 2.24) is 15.2 Å². The second-order valence-electron chi connectivity index (χ2n) is 4.06. The number of rotatable bonds is 5. The molecule has 0 amide bonds. The van der Waals surface area contributed by atoms with Crippen LogP contribution in [0, 0.1) is 6.92 Å². The Bertz CT molecular complexity index is 340. The van der Waals surface area contributed by atoms with E-state index in [2.05, 4.69) is 17.1 Å². The van der Waals surface area contributed by atoms with Gasteiger partial charge in [0, 0.05) is 24.8 Å². The third-order valence-electron chi connectivity index (χ3n) is 2.49. The Kier molecular flexibility index (Phi) is 4.05. The molecule has 1 atom stereocenters. The highest BCUT2D eigenvalue weighted by Crippen LogP contribution is 2.21. The lowest BCUT2D eigenvalue weighted by Crippen LogP contribution is -2.28. The SMILES string of the molecule is C=C(C)CCC(NN)c1cn(C)nc1C. The van der Waals surface area contributed by atoms with Crippen LogP contribution in [-0.4, -0.2) is 9.78 Å². The van der Waals surface area contributed by atoms with Crippen LogP contribution in [0.1, 0.15) is 37.1 Å². The predicted octanol–water partition coefficient (Wildman–Crippen LogP) is 1.59. The number of hydrazine groups is 1. The van der Waals surface area contributed by atoms with Gasteiger partial charge in [0.1, 0.15) is 0 Å². The van der Waals surface area contributed by atoms with Gasteiger partial charge in [0.15, 0.2) is 0 Å². The summed E-state index contributed by atoms with van der Waals surface area (Å²) in [6, 6.07) is 0.162. The number of nitrogens with zero attached hydrogens (tertiary/aromatic N) is 2. The minimum Gasteiger partial charge on any atom is -0.275 e. The molecule has 1 heterocycles. The zero-order valence-electron chi connectivity index (χ0n) is 9.75. The van der Waals surface area contributed by atoms with Gasteiger partial charge in [-0.3, -0.25) is 16.0 Å². The molecule has 0 aliphatic heterocycles. The van der Waals surface area contributed by atoms with Gasteiger partial charge in [-0.2, -0.15) is 5.10 Å². The molecule has 84 valence electrons. The smallest absolute Gasteiger partial charge is 0.0641 e. The summed E-state index contributed by atoms with van der Waals surface area (Å²) < 4.78 is 1.82. The third kappa shape index (κ3) is 3.18. The number of aryl methyl sites for hydroxylation is 2. The van der Waals surface area contributed by atoms with Crippen molar-refractivity contribution in [2.45, 2.75) is 32.7 Å². The molecule has 4 nitrogen and oxygen atoms in total. The van der Waals surface area contributed by atoms with Gasteiger partial charge in [0.05, 0.1) is 5.69 Å². The molecule has 1 aromatic rings. The van der Waals surface area contributed by atoms with E-state index in [1.165, 1.54) is 11.1 Å². The lowest BCUT2D eigenvalue weighted by atomic mass is 10.0. The predicted molar refractivity (Wildman–Crippen MR) is 62.1 cm³/mol. The van der Waals surface area contributed by atoms with E-state index in [1.54, 1.807) is 0 Å². The zero-order valence-corrected chi connectivity index (χ0v) is 9.75. The second-order valence-corrected chi connectivity index (χ2v) is 4.06. The quantitative estimate of drug-likeness (QED) is 0.439. The fourth-order valence-corrected chi connectivity index (χ4v) is 1.68.